The maximum Gasteiger partial charge on any atom is 0.407 e. The first kappa shape index (κ1) is 31.6. The van der Waals surface area contributed by atoms with Gasteiger partial charge in [-0.05, 0) is 37.5 Å². The van der Waals surface area contributed by atoms with E-state index >= 15 is 0 Å². The van der Waals surface area contributed by atoms with Crippen LogP contribution in [0.1, 0.15) is 37.5 Å². The molecular weight excluding hydrogens is 560 g/mol. The van der Waals surface area contributed by atoms with Crippen LogP contribution in [-0.4, -0.2) is 51.7 Å². The Labute approximate surface area is 256 Å². The third-order valence-electron chi connectivity index (χ3n) is 6.89. The highest BCUT2D eigenvalue weighted by Crippen LogP contribution is 2.41. The SMILES string of the molecule is Cn1ncc(NC(=O)C(CNC(=O)O)CNC(=O)OC(C)(C)C)c1NC(c1ccccc1)(c1ccccc1)c1ccccc1. The van der Waals surface area contributed by atoms with Crippen molar-refractivity contribution in [2.24, 2.45) is 13.0 Å². The Morgan fingerprint density at radius 3 is 1.75 bits per heavy atom. The number of carboxylic acid groups (broad SMARTS) is 1. The second kappa shape index (κ2) is 13.8. The molecule has 1 atom stereocenters. The predicted molar refractivity (Wildman–Crippen MR) is 168 cm³/mol. The fraction of sp³-hybridized carbons (Fsp3) is 0.273. The van der Waals surface area contributed by atoms with Crippen molar-refractivity contribution in [1.82, 2.24) is 20.4 Å². The van der Waals surface area contributed by atoms with Crippen molar-refractivity contribution in [3.05, 3.63) is 114 Å². The molecule has 0 fully saturated rings. The topological polar surface area (TPSA) is 147 Å². The first-order valence-corrected chi connectivity index (χ1v) is 14.2. The molecule has 0 spiro atoms. The maximum absolute atomic E-state index is 13.6. The van der Waals surface area contributed by atoms with E-state index in [1.165, 1.54) is 6.20 Å². The molecule has 0 saturated heterocycles. The summed E-state index contributed by atoms with van der Waals surface area (Å²) in [7, 11) is 1.76. The van der Waals surface area contributed by atoms with Crippen LogP contribution in [0.15, 0.2) is 97.2 Å². The van der Waals surface area contributed by atoms with Gasteiger partial charge in [0.25, 0.3) is 0 Å². The molecule has 0 bridgehead atoms. The first-order chi connectivity index (χ1) is 21.0. The lowest BCUT2D eigenvalue weighted by Crippen LogP contribution is -2.43. The number of ether oxygens (including phenoxy) is 1. The van der Waals surface area contributed by atoms with E-state index in [4.69, 9.17) is 4.74 Å². The van der Waals surface area contributed by atoms with Crippen LogP contribution in [-0.2, 0) is 22.1 Å². The molecule has 11 heteroatoms. The van der Waals surface area contributed by atoms with E-state index in [0.717, 1.165) is 16.7 Å². The van der Waals surface area contributed by atoms with E-state index in [0.29, 0.717) is 11.5 Å². The molecule has 0 aliphatic rings. The van der Waals surface area contributed by atoms with Gasteiger partial charge in [0.1, 0.15) is 22.6 Å². The van der Waals surface area contributed by atoms with Crippen LogP contribution in [0.25, 0.3) is 0 Å². The zero-order chi connectivity index (χ0) is 31.7. The summed E-state index contributed by atoms with van der Waals surface area (Å²) in [6.45, 7) is 4.77. The summed E-state index contributed by atoms with van der Waals surface area (Å²) in [5.41, 5.74) is 1.63. The zero-order valence-electron chi connectivity index (χ0n) is 25.2. The molecule has 4 aromatic rings. The summed E-state index contributed by atoms with van der Waals surface area (Å²) in [4.78, 5) is 37.1. The van der Waals surface area contributed by atoms with Crippen molar-refractivity contribution in [3.63, 3.8) is 0 Å². The molecule has 0 aliphatic heterocycles. The van der Waals surface area contributed by atoms with Crippen LogP contribution in [0.5, 0.6) is 0 Å². The van der Waals surface area contributed by atoms with Crippen LogP contribution in [0, 0.1) is 5.92 Å². The van der Waals surface area contributed by atoms with Crippen LogP contribution < -0.4 is 21.3 Å². The molecule has 0 radical (unpaired) electrons. The van der Waals surface area contributed by atoms with Crippen molar-refractivity contribution >= 4 is 29.6 Å². The van der Waals surface area contributed by atoms with E-state index in [9.17, 15) is 19.5 Å². The maximum atomic E-state index is 13.6. The summed E-state index contributed by atoms with van der Waals surface area (Å²) >= 11 is 0. The van der Waals surface area contributed by atoms with Crippen LogP contribution >= 0.6 is 0 Å². The quantitative estimate of drug-likeness (QED) is 0.150. The Hall–Kier alpha value is -5.32. The molecule has 230 valence electrons. The number of carbonyl (C=O) groups is 3. The molecule has 1 heterocycles. The second-order valence-electron chi connectivity index (χ2n) is 11.3. The van der Waals surface area contributed by atoms with Crippen molar-refractivity contribution in [1.29, 1.82) is 0 Å². The fourth-order valence-electron chi connectivity index (χ4n) is 4.86. The lowest BCUT2D eigenvalue weighted by molar-refractivity contribution is -0.119. The lowest BCUT2D eigenvalue weighted by atomic mass is 9.77. The first-order valence-electron chi connectivity index (χ1n) is 14.2. The van der Waals surface area contributed by atoms with E-state index in [2.05, 4.69) is 26.4 Å². The average Bonchev–Trinajstić information content (AvgIpc) is 3.33. The summed E-state index contributed by atoms with van der Waals surface area (Å²) in [5.74, 6) is -0.954. The molecule has 4 rings (SSSR count). The molecule has 0 aliphatic carbocycles. The van der Waals surface area contributed by atoms with Crippen molar-refractivity contribution in [3.8, 4) is 0 Å². The monoisotopic (exact) mass is 598 g/mol. The van der Waals surface area contributed by atoms with Gasteiger partial charge in [-0.1, -0.05) is 91.0 Å². The van der Waals surface area contributed by atoms with Gasteiger partial charge in [-0.2, -0.15) is 5.10 Å². The summed E-state index contributed by atoms with van der Waals surface area (Å²) in [6, 6.07) is 29.9. The smallest absolute Gasteiger partial charge is 0.407 e. The highest BCUT2D eigenvalue weighted by Gasteiger charge is 2.38. The predicted octanol–water partition coefficient (Wildman–Crippen LogP) is 5.17. The minimum atomic E-state index is -1.29. The van der Waals surface area contributed by atoms with E-state index in [1.54, 1.807) is 32.5 Å². The van der Waals surface area contributed by atoms with E-state index in [1.807, 2.05) is 91.0 Å². The number of amides is 3. The number of carbonyl (C=O) groups excluding carboxylic acids is 2. The molecule has 1 aromatic heterocycles. The van der Waals surface area contributed by atoms with Gasteiger partial charge in [-0.15, -0.1) is 0 Å². The van der Waals surface area contributed by atoms with Gasteiger partial charge in [0.05, 0.1) is 12.1 Å². The molecular formula is C33H38N6O5. The molecule has 0 saturated carbocycles. The minimum absolute atomic E-state index is 0.161. The molecule has 3 aromatic carbocycles. The summed E-state index contributed by atoms with van der Waals surface area (Å²) in [5, 5.41) is 25.0. The summed E-state index contributed by atoms with van der Waals surface area (Å²) in [6.07, 6.45) is -0.482. The van der Waals surface area contributed by atoms with Gasteiger partial charge < -0.3 is 31.1 Å². The molecule has 5 N–H and O–H groups in total. The largest absolute Gasteiger partial charge is 0.465 e. The number of anilines is 2. The van der Waals surface area contributed by atoms with E-state index < -0.39 is 35.2 Å². The fourth-order valence-corrected chi connectivity index (χ4v) is 4.86. The molecule has 44 heavy (non-hydrogen) atoms. The van der Waals surface area contributed by atoms with Crippen LogP contribution in [0.2, 0.25) is 0 Å². The number of hydrogen-bond acceptors (Lipinski definition) is 6. The van der Waals surface area contributed by atoms with Crippen molar-refractivity contribution in [2.75, 3.05) is 23.7 Å². The number of rotatable bonds is 11. The van der Waals surface area contributed by atoms with Gasteiger partial charge in [0, 0.05) is 20.1 Å². The number of benzene rings is 3. The van der Waals surface area contributed by atoms with Gasteiger partial charge >= 0.3 is 12.2 Å². The second-order valence-corrected chi connectivity index (χ2v) is 11.3. The summed E-state index contributed by atoms with van der Waals surface area (Å²) < 4.78 is 6.90. The zero-order valence-corrected chi connectivity index (χ0v) is 25.2. The highest BCUT2D eigenvalue weighted by molar-refractivity contribution is 5.96. The number of alkyl carbamates (subject to hydrolysis) is 1. The normalized spacial score (nSPS) is 12.1. The lowest BCUT2D eigenvalue weighted by Gasteiger charge is -2.38. The number of aromatic nitrogens is 2. The number of aryl methyl sites for hydroxylation is 1. The third kappa shape index (κ3) is 7.74. The molecule has 11 nitrogen and oxygen atoms in total. The Bertz CT molecular complexity index is 1460. The van der Waals surface area contributed by atoms with Crippen LogP contribution in [0.3, 0.4) is 0 Å². The minimum Gasteiger partial charge on any atom is -0.465 e. The van der Waals surface area contributed by atoms with E-state index in [-0.39, 0.29) is 13.1 Å². The Morgan fingerprint density at radius 2 is 1.30 bits per heavy atom. The number of nitrogens with one attached hydrogen (secondary N) is 4. The Balaban J connectivity index is 1.70. The Morgan fingerprint density at radius 1 is 0.818 bits per heavy atom. The van der Waals surface area contributed by atoms with Crippen LogP contribution in [0.4, 0.5) is 21.1 Å². The van der Waals surface area contributed by atoms with Gasteiger partial charge in [0.2, 0.25) is 5.91 Å². The number of hydrogen-bond donors (Lipinski definition) is 5. The standard InChI is InChI=1S/C33H38N6O5/c1-32(2,3)44-31(43)35-21-23(20-34-30(41)42)29(40)37-27-22-36-39(4)28(27)38-33(24-14-8-5-9-15-24,25-16-10-6-11-17-25)26-18-12-7-13-19-26/h5-19,22-23,34,38H,20-21H2,1-4H3,(H,35,43)(H,37,40)(H,41,42). The highest BCUT2D eigenvalue weighted by atomic mass is 16.6. The van der Waals surface area contributed by atoms with Gasteiger partial charge in [-0.25, -0.2) is 9.59 Å². The Kier molecular flexibility index (Phi) is 9.89. The molecule has 3 amide bonds. The molecule has 1 unspecified atom stereocenters. The van der Waals surface area contributed by atoms with Gasteiger partial charge in [-0.3, -0.25) is 9.48 Å². The average molecular weight is 599 g/mol. The third-order valence-corrected chi connectivity index (χ3v) is 6.89. The van der Waals surface area contributed by atoms with Crippen molar-refractivity contribution in [2.45, 2.75) is 31.9 Å². The number of nitrogens with zero attached hydrogens (tertiary/aromatic N) is 2. The van der Waals surface area contributed by atoms with Gasteiger partial charge in [0.15, 0.2) is 0 Å². The van der Waals surface area contributed by atoms with Crippen molar-refractivity contribution < 1.29 is 24.2 Å².